The first-order valence-corrected chi connectivity index (χ1v) is 4.70. The highest BCUT2D eigenvalue weighted by Gasteiger charge is 2.08. The molecule has 84 valence electrons. The van der Waals surface area contributed by atoms with Gasteiger partial charge in [0.2, 0.25) is 6.29 Å². The first kappa shape index (κ1) is 11.9. The zero-order valence-corrected chi connectivity index (χ0v) is 8.73. The summed E-state index contributed by atoms with van der Waals surface area (Å²) in [7, 11) is 0. The van der Waals surface area contributed by atoms with Gasteiger partial charge in [-0.25, -0.2) is 0 Å². The number of rotatable bonds is 4. The van der Waals surface area contributed by atoms with Crippen molar-refractivity contribution < 1.29 is 19.1 Å². The van der Waals surface area contributed by atoms with Crippen LogP contribution in [0.3, 0.4) is 0 Å². The van der Waals surface area contributed by atoms with Gasteiger partial charge < -0.3 is 4.74 Å². The van der Waals surface area contributed by atoms with Crippen molar-refractivity contribution in [2.45, 2.75) is 6.92 Å². The number of imide groups is 1. The minimum absolute atomic E-state index is 0.0481. The second kappa shape index (κ2) is 5.65. The molecule has 1 aromatic carbocycles. The summed E-state index contributed by atoms with van der Waals surface area (Å²) >= 11 is 0. The van der Waals surface area contributed by atoms with Crippen LogP contribution in [-0.2, 0) is 9.59 Å². The lowest BCUT2D eigenvalue weighted by Crippen LogP contribution is -2.30. The van der Waals surface area contributed by atoms with Gasteiger partial charge in [0.15, 0.2) is 0 Å². The summed E-state index contributed by atoms with van der Waals surface area (Å²) in [4.78, 5) is 32.0. The molecule has 1 rings (SSSR count). The molecular formula is C11H11NO4. The molecule has 0 aliphatic rings. The number of hydrogen-bond acceptors (Lipinski definition) is 4. The fourth-order valence-electron chi connectivity index (χ4n) is 1.08. The zero-order chi connectivity index (χ0) is 12.0. The van der Waals surface area contributed by atoms with Crippen molar-refractivity contribution in [1.82, 2.24) is 5.32 Å². The van der Waals surface area contributed by atoms with Crippen LogP contribution in [-0.4, -0.2) is 24.7 Å². The van der Waals surface area contributed by atoms with Crippen molar-refractivity contribution in [1.29, 1.82) is 0 Å². The Labute approximate surface area is 92.4 Å². The third-order valence-electron chi connectivity index (χ3n) is 1.77. The average molecular weight is 221 g/mol. The third kappa shape index (κ3) is 3.20. The highest BCUT2D eigenvalue weighted by atomic mass is 16.5. The van der Waals surface area contributed by atoms with E-state index in [4.69, 9.17) is 4.74 Å². The highest BCUT2D eigenvalue weighted by Crippen LogP contribution is 2.11. The number of hydrogen-bond donors (Lipinski definition) is 1. The fourth-order valence-corrected chi connectivity index (χ4v) is 1.08. The zero-order valence-electron chi connectivity index (χ0n) is 8.73. The van der Waals surface area contributed by atoms with E-state index in [2.05, 4.69) is 0 Å². The standard InChI is InChI=1S/C11H11NO4/c1-2-16-9-5-3-8(4-6-9)11(15)12-10(14)7-13/h3-7H,2H2,1H3,(H,12,14,15). The van der Waals surface area contributed by atoms with E-state index in [1.807, 2.05) is 12.2 Å². The number of carbonyl (C=O) groups excluding carboxylic acids is 3. The predicted molar refractivity (Wildman–Crippen MR) is 56.1 cm³/mol. The number of aldehydes is 1. The van der Waals surface area contributed by atoms with Crippen LogP contribution in [0.1, 0.15) is 17.3 Å². The lowest BCUT2D eigenvalue weighted by Gasteiger charge is -2.04. The Bertz CT molecular complexity index is 397. The minimum atomic E-state index is -0.959. The molecule has 0 saturated carbocycles. The van der Waals surface area contributed by atoms with E-state index in [1.54, 1.807) is 12.1 Å². The third-order valence-corrected chi connectivity index (χ3v) is 1.77. The monoisotopic (exact) mass is 221 g/mol. The maximum Gasteiger partial charge on any atom is 0.290 e. The quantitative estimate of drug-likeness (QED) is 0.595. The van der Waals surface area contributed by atoms with Crippen LogP contribution in [0.5, 0.6) is 5.75 Å². The minimum Gasteiger partial charge on any atom is -0.494 e. The van der Waals surface area contributed by atoms with Crippen LogP contribution in [0.25, 0.3) is 0 Å². The topological polar surface area (TPSA) is 72.5 Å². The smallest absolute Gasteiger partial charge is 0.290 e. The van der Waals surface area contributed by atoms with E-state index in [0.29, 0.717) is 17.9 Å². The molecule has 0 unspecified atom stereocenters. The summed E-state index contributed by atoms with van der Waals surface area (Å²) in [6.45, 7) is 2.39. The molecule has 5 nitrogen and oxygen atoms in total. The molecule has 0 aliphatic carbocycles. The Morgan fingerprint density at radius 1 is 1.31 bits per heavy atom. The van der Waals surface area contributed by atoms with Gasteiger partial charge in [-0.1, -0.05) is 0 Å². The van der Waals surface area contributed by atoms with Crippen LogP contribution in [0.2, 0.25) is 0 Å². The molecule has 0 aromatic heterocycles. The molecule has 0 spiro atoms. The summed E-state index contributed by atoms with van der Waals surface area (Å²) in [5, 5.41) is 1.91. The summed E-state index contributed by atoms with van der Waals surface area (Å²) < 4.78 is 5.19. The summed E-state index contributed by atoms with van der Waals surface area (Å²) in [5.74, 6) is -0.931. The van der Waals surface area contributed by atoms with E-state index in [9.17, 15) is 14.4 Å². The SMILES string of the molecule is CCOc1ccc(C(=O)NC(=O)C=O)cc1. The normalized spacial score (nSPS) is 9.31. The summed E-state index contributed by atoms with van der Waals surface area (Å²) in [6, 6.07) is 6.25. The Morgan fingerprint density at radius 2 is 1.94 bits per heavy atom. The molecular weight excluding hydrogens is 210 g/mol. The molecule has 2 amide bonds. The predicted octanol–water partition coefficient (Wildman–Crippen LogP) is 0.541. The number of amides is 2. The van der Waals surface area contributed by atoms with Crippen molar-refractivity contribution in [2.75, 3.05) is 6.61 Å². The van der Waals surface area contributed by atoms with E-state index < -0.39 is 11.8 Å². The van der Waals surface area contributed by atoms with Gasteiger partial charge in [0.05, 0.1) is 6.61 Å². The van der Waals surface area contributed by atoms with Gasteiger partial charge in [-0.3, -0.25) is 19.7 Å². The molecule has 16 heavy (non-hydrogen) atoms. The summed E-state index contributed by atoms with van der Waals surface area (Å²) in [6.07, 6.45) is 0.0481. The molecule has 0 saturated heterocycles. The Balaban J connectivity index is 2.70. The maximum atomic E-state index is 11.4. The molecule has 0 atom stereocenters. The number of nitrogens with one attached hydrogen (secondary N) is 1. The van der Waals surface area contributed by atoms with Crippen LogP contribution >= 0.6 is 0 Å². The molecule has 1 N–H and O–H groups in total. The lowest BCUT2D eigenvalue weighted by molar-refractivity contribution is -0.130. The molecule has 0 bridgehead atoms. The first-order chi connectivity index (χ1) is 7.67. The van der Waals surface area contributed by atoms with E-state index >= 15 is 0 Å². The van der Waals surface area contributed by atoms with E-state index in [0.717, 1.165) is 0 Å². The van der Waals surface area contributed by atoms with Gasteiger partial charge in [-0.15, -0.1) is 0 Å². The van der Waals surface area contributed by atoms with Crippen LogP contribution in [0.15, 0.2) is 24.3 Å². The van der Waals surface area contributed by atoms with Gasteiger partial charge in [0.1, 0.15) is 5.75 Å². The van der Waals surface area contributed by atoms with E-state index in [1.165, 1.54) is 12.1 Å². The molecule has 0 fully saturated rings. The lowest BCUT2D eigenvalue weighted by atomic mass is 10.2. The van der Waals surface area contributed by atoms with Crippen molar-refractivity contribution in [3.63, 3.8) is 0 Å². The molecule has 0 radical (unpaired) electrons. The number of carbonyl (C=O) groups is 3. The highest BCUT2D eigenvalue weighted by molar-refractivity contribution is 6.29. The Morgan fingerprint density at radius 3 is 2.44 bits per heavy atom. The second-order valence-corrected chi connectivity index (χ2v) is 2.89. The maximum absolute atomic E-state index is 11.4. The largest absolute Gasteiger partial charge is 0.494 e. The first-order valence-electron chi connectivity index (χ1n) is 4.70. The van der Waals surface area contributed by atoms with Crippen molar-refractivity contribution in [3.8, 4) is 5.75 Å². The molecule has 0 aliphatic heterocycles. The van der Waals surface area contributed by atoms with Crippen LogP contribution in [0.4, 0.5) is 0 Å². The number of benzene rings is 1. The average Bonchev–Trinajstić information content (AvgIpc) is 2.30. The van der Waals surface area contributed by atoms with Gasteiger partial charge in [-0.2, -0.15) is 0 Å². The van der Waals surface area contributed by atoms with Crippen LogP contribution < -0.4 is 10.1 Å². The van der Waals surface area contributed by atoms with Gasteiger partial charge in [0.25, 0.3) is 11.8 Å². The second-order valence-electron chi connectivity index (χ2n) is 2.89. The Kier molecular flexibility index (Phi) is 4.20. The van der Waals surface area contributed by atoms with Crippen molar-refractivity contribution in [2.24, 2.45) is 0 Å². The van der Waals surface area contributed by atoms with Gasteiger partial charge in [0, 0.05) is 5.56 Å². The number of ether oxygens (including phenoxy) is 1. The Hall–Kier alpha value is -2.17. The molecule has 1 aromatic rings. The van der Waals surface area contributed by atoms with Gasteiger partial charge >= 0.3 is 0 Å². The van der Waals surface area contributed by atoms with E-state index in [-0.39, 0.29) is 6.29 Å². The molecule has 0 heterocycles. The van der Waals surface area contributed by atoms with Crippen LogP contribution in [0, 0.1) is 0 Å². The molecule has 5 heteroatoms. The summed E-state index contributed by atoms with van der Waals surface area (Å²) in [5.41, 5.74) is 0.290. The van der Waals surface area contributed by atoms with Crippen molar-refractivity contribution >= 4 is 18.1 Å². The van der Waals surface area contributed by atoms with Crippen molar-refractivity contribution in [3.05, 3.63) is 29.8 Å². The fraction of sp³-hybridized carbons (Fsp3) is 0.182. The van der Waals surface area contributed by atoms with Gasteiger partial charge in [-0.05, 0) is 31.2 Å².